The highest BCUT2D eigenvalue weighted by Crippen LogP contribution is 2.35. The molecule has 1 saturated carbocycles. The molecule has 1 aromatic carbocycles. The Balaban J connectivity index is 1.62. The molecule has 3 aromatic rings. The van der Waals surface area contributed by atoms with Crippen LogP contribution in [-0.4, -0.2) is 81.9 Å². The van der Waals surface area contributed by atoms with Crippen molar-refractivity contribution in [2.75, 3.05) is 46.9 Å². The second-order valence-electron chi connectivity index (χ2n) is 9.49. The molecule has 2 aliphatic rings. The number of hydrogen-bond donors (Lipinski definition) is 1. The number of H-pyrrole nitrogens is 1. The van der Waals surface area contributed by atoms with Crippen molar-refractivity contribution in [2.24, 2.45) is 0 Å². The number of rotatable bonds is 7. The highest BCUT2D eigenvalue weighted by Gasteiger charge is 2.34. The Labute approximate surface area is 205 Å². The topological polar surface area (TPSA) is 101 Å². The van der Waals surface area contributed by atoms with Gasteiger partial charge in [0, 0.05) is 43.2 Å². The molecule has 1 unspecified atom stereocenters. The van der Waals surface area contributed by atoms with Crippen molar-refractivity contribution in [1.82, 2.24) is 35.0 Å². The quantitative estimate of drug-likeness (QED) is 0.550. The maximum Gasteiger partial charge on any atom is 0.253 e. The fraction of sp³-hybridized carbons (Fsp3) is 0.600. The third-order valence-corrected chi connectivity index (χ3v) is 7.57. The van der Waals surface area contributed by atoms with Crippen LogP contribution in [0.15, 0.2) is 23.0 Å². The highest BCUT2D eigenvalue weighted by molar-refractivity contribution is 5.83. The molecule has 0 radical (unpaired) electrons. The highest BCUT2D eigenvalue weighted by atomic mass is 16.5. The van der Waals surface area contributed by atoms with E-state index >= 15 is 0 Å². The number of ether oxygens (including phenoxy) is 2. The first-order chi connectivity index (χ1) is 17.1. The number of aromatic nitrogens is 5. The Kier molecular flexibility index (Phi) is 7.01. The fourth-order valence-electron chi connectivity index (χ4n) is 5.56. The fourth-order valence-corrected chi connectivity index (χ4v) is 5.56. The average Bonchev–Trinajstić information content (AvgIpc) is 3.38. The van der Waals surface area contributed by atoms with E-state index < -0.39 is 0 Å². The summed E-state index contributed by atoms with van der Waals surface area (Å²) in [5.41, 5.74) is 1.23. The molecule has 2 aromatic heterocycles. The average molecular weight is 482 g/mol. The van der Waals surface area contributed by atoms with E-state index in [1.807, 2.05) is 16.8 Å². The summed E-state index contributed by atoms with van der Waals surface area (Å²) < 4.78 is 12.9. The van der Waals surface area contributed by atoms with E-state index in [1.165, 1.54) is 19.3 Å². The molecule has 0 bridgehead atoms. The minimum Gasteiger partial charge on any atom is -0.493 e. The van der Waals surface area contributed by atoms with E-state index in [-0.39, 0.29) is 17.6 Å². The van der Waals surface area contributed by atoms with Crippen LogP contribution in [0.3, 0.4) is 0 Å². The van der Waals surface area contributed by atoms with Crippen molar-refractivity contribution >= 4 is 10.9 Å². The molecule has 1 N–H and O–H groups in total. The van der Waals surface area contributed by atoms with Gasteiger partial charge in [-0.2, -0.15) is 0 Å². The molecule has 1 atom stereocenters. The number of pyridine rings is 1. The van der Waals surface area contributed by atoms with Crippen molar-refractivity contribution < 1.29 is 9.47 Å². The van der Waals surface area contributed by atoms with Gasteiger partial charge in [-0.1, -0.05) is 26.2 Å². The van der Waals surface area contributed by atoms with E-state index in [9.17, 15) is 4.79 Å². The maximum absolute atomic E-state index is 13.5. The van der Waals surface area contributed by atoms with Gasteiger partial charge in [-0.05, 0) is 41.9 Å². The van der Waals surface area contributed by atoms with Gasteiger partial charge in [-0.15, -0.1) is 5.10 Å². The molecule has 0 amide bonds. The summed E-state index contributed by atoms with van der Waals surface area (Å²) in [4.78, 5) is 21.4. The normalized spacial score (nSPS) is 19.2. The molecule has 10 heteroatoms. The van der Waals surface area contributed by atoms with Crippen LogP contribution in [0, 0.1) is 0 Å². The number of nitrogens with one attached hydrogen (secondary N) is 1. The lowest BCUT2D eigenvalue weighted by molar-refractivity contribution is 0.106. The van der Waals surface area contributed by atoms with Gasteiger partial charge in [0.2, 0.25) is 0 Å². The lowest BCUT2D eigenvalue weighted by atomic mass is 9.95. The maximum atomic E-state index is 13.5. The van der Waals surface area contributed by atoms with Crippen molar-refractivity contribution in [3.8, 4) is 11.5 Å². The van der Waals surface area contributed by atoms with Crippen LogP contribution in [-0.2, 0) is 0 Å². The number of piperazine rings is 1. The number of aromatic amines is 1. The number of likely N-dealkylation sites (N-methyl/N-ethyl adjacent to an activating group) is 1. The van der Waals surface area contributed by atoms with Crippen molar-refractivity contribution in [3.05, 3.63) is 39.9 Å². The predicted octanol–water partition coefficient (Wildman–Crippen LogP) is 2.76. The summed E-state index contributed by atoms with van der Waals surface area (Å²) >= 11 is 0. The van der Waals surface area contributed by atoms with Gasteiger partial charge in [0.05, 0.1) is 25.8 Å². The molecule has 1 aliphatic carbocycles. The van der Waals surface area contributed by atoms with Crippen LogP contribution in [0.4, 0.5) is 0 Å². The molecule has 0 spiro atoms. The molecule has 35 heavy (non-hydrogen) atoms. The molecule has 1 aliphatic heterocycles. The zero-order chi connectivity index (χ0) is 24.4. The van der Waals surface area contributed by atoms with Crippen LogP contribution in [0.2, 0.25) is 0 Å². The SMILES string of the molecule is CCN1CCN(C(c2cc3cc(OC)c(OC)cc3[nH]c2=O)c2nnnn2C2CCCCC2)CC1. The lowest BCUT2D eigenvalue weighted by Crippen LogP contribution is -2.49. The summed E-state index contributed by atoms with van der Waals surface area (Å²) in [6.45, 7) is 6.81. The van der Waals surface area contributed by atoms with Gasteiger partial charge >= 0.3 is 0 Å². The molecular weight excluding hydrogens is 446 g/mol. The Hall–Kier alpha value is -2.98. The molecule has 1 saturated heterocycles. The third kappa shape index (κ3) is 4.64. The van der Waals surface area contributed by atoms with Crippen LogP contribution < -0.4 is 15.0 Å². The molecule has 5 rings (SSSR count). The standard InChI is InChI=1S/C25H35N7O3/c1-4-30-10-12-31(13-11-30)23(24-27-28-29-32(24)18-8-6-5-7-9-18)19-14-17-15-21(34-2)22(35-3)16-20(17)26-25(19)33/h14-16,18,23H,4-13H2,1-3H3,(H,26,33). The summed E-state index contributed by atoms with van der Waals surface area (Å²) in [7, 11) is 3.21. The summed E-state index contributed by atoms with van der Waals surface area (Å²) in [5.74, 6) is 1.96. The van der Waals surface area contributed by atoms with Crippen LogP contribution in [0.1, 0.15) is 62.5 Å². The molecule has 188 valence electrons. The Morgan fingerprint density at radius 2 is 1.74 bits per heavy atom. The molecule has 2 fully saturated rings. The second kappa shape index (κ2) is 10.3. The van der Waals surface area contributed by atoms with Gasteiger partial charge in [0.25, 0.3) is 5.56 Å². The summed E-state index contributed by atoms with van der Waals surface area (Å²) in [5, 5.41) is 13.9. The zero-order valence-corrected chi connectivity index (χ0v) is 20.9. The molecule has 10 nitrogen and oxygen atoms in total. The zero-order valence-electron chi connectivity index (χ0n) is 20.9. The Morgan fingerprint density at radius 1 is 1.03 bits per heavy atom. The first kappa shape index (κ1) is 23.7. The summed E-state index contributed by atoms with van der Waals surface area (Å²) in [6.07, 6.45) is 5.76. The number of nitrogens with zero attached hydrogens (tertiary/aromatic N) is 6. The predicted molar refractivity (Wildman–Crippen MR) is 133 cm³/mol. The third-order valence-electron chi connectivity index (χ3n) is 7.57. The van der Waals surface area contributed by atoms with Gasteiger partial charge in [-0.25, -0.2) is 4.68 Å². The first-order valence-corrected chi connectivity index (χ1v) is 12.7. The largest absolute Gasteiger partial charge is 0.493 e. The smallest absolute Gasteiger partial charge is 0.253 e. The van der Waals surface area contributed by atoms with E-state index in [0.717, 1.165) is 56.8 Å². The van der Waals surface area contributed by atoms with Gasteiger partial charge < -0.3 is 19.4 Å². The number of fused-ring (bicyclic) bond motifs is 1. The van der Waals surface area contributed by atoms with Crippen molar-refractivity contribution in [3.63, 3.8) is 0 Å². The first-order valence-electron chi connectivity index (χ1n) is 12.7. The van der Waals surface area contributed by atoms with E-state index in [4.69, 9.17) is 9.47 Å². The number of tetrazole rings is 1. The van der Waals surface area contributed by atoms with Gasteiger partial charge in [-0.3, -0.25) is 9.69 Å². The minimum atomic E-state index is -0.327. The second-order valence-corrected chi connectivity index (χ2v) is 9.49. The number of hydrogen-bond acceptors (Lipinski definition) is 8. The lowest BCUT2D eigenvalue weighted by Gasteiger charge is -2.38. The van der Waals surface area contributed by atoms with Gasteiger partial charge in [0.1, 0.15) is 6.04 Å². The number of benzene rings is 1. The van der Waals surface area contributed by atoms with Crippen LogP contribution in [0.5, 0.6) is 11.5 Å². The molecular formula is C25H35N7O3. The van der Waals surface area contributed by atoms with E-state index in [0.29, 0.717) is 22.6 Å². The Bertz CT molecular complexity index is 1210. The van der Waals surface area contributed by atoms with Crippen molar-refractivity contribution in [2.45, 2.75) is 51.1 Å². The molecule has 3 heterocycles. The monoisotopic (exact) mass is 481 g/mol. The van der Waals surface area contributed by atoms with Crippen molar-refractivity contribution in [1.29, 1.82) is 0 Å². The summed E-state index contributed by atoms with van der Waals surface area (Å²) in [6, 6.07) is 5.63. The number of methoxy groups -OCH3 is 2. The van der Waals surface area contributed by atoms with E-state index in [2.05, 4.69) is 37.2 Å². The van der Waals surface area contributed by atoms with E-state index in [1.54, 1.807) is 20.3 Å². The Morgan fingerprint density at radius 3 is 2.43 bits per heavy atom. The van der Waals surface area contributed by atoms with Crippen LogP contribution >= 0.6 is 0 Å². The van der Waals surface area contributed by atoms with Gasteiger partial charge in [0.15, 0.2) is 17.3 Å². The minimum absolute atomic E-state index is 0.133. The van der Waals surface area contributed by atoms with Crippen LogP contribution in [0.25, 0.3) is 10.9 Å².